The van der Waals surface area contributed by atoms with Gasteiger partial charge in [-0.25, -0.2) is 9.97 Å². The van der Waals surface area contributed by atoms with E-state index in [9.17, 15) is 4.79 Å². The standard InChI is InChI=1S/C18H26N6OS2/c1-4-23-15(11-26-17-19-9-6-10-20-17)21-22-18(23)27-12-16(25)24-13(2)7-5-8-14(24)3/h6,9-10,13-14H,4-5,7-8,11-12H2,1-3H3/t13-,14-/m1/s1. The van der Waals surface area contributed by atoms with Gasteiger partial charge in [0.15, 0.2) is 10.3 Å². The number of rotatable bonds is 7. The molecule has 9 heteroatoms. The highest BCUT2D eigenvalue weighted by molar-refractivity contribution is 7.99. The molecular weight excluding hydrogens is 380 g/mol. The Morgan fingerprint density at radius 2 is 1.85 bits per heavy atom. The molecule has 1 aliphatic rings. The van der Waals surface area contributed by atoms with Crippen molar-refractivity contribution in [2.45, 2.75) is 74.7 Å². The van der Waals surface area contributed by atoms with Crippen molar-refractivity contribution in [3.63, 3.8) is 0 Å². The third kappa shape index (κ3) is 5.01. The van der Waals surface area contributed by atoms with E-state index in [2.05, 4.69) is 45.5 Å². The van der Waals surface area contributed by atoms with Gasteiger partial charge in [0, 0.05) is 31.0 Å². The van der Waals surface area contributed by atoms with Crippen LogP contribution in [0.15, 0.2) is 28.8 Å². The number of carbonyl (C=O) groups excluding carboxylic acids is 1. The van der Waals surface area contributed by atoms with Crippen LogP contribution in [0.1, 0.15) is 45.9 Å². The summed E-state index contributed by atoms with van der Waals surface area (Å²) in [5.41, 5.74) is 0. The first-order valence-electron chi connectivity index (χ1n) is 9.36. The maximum absolute atomic E-state index is 12.7. The Balaban J connectivity index is 1.60. The first-order valence-corrected chi connectivity index (χ1v) is 11.3. The minimum absolute atomic E-state index is 0.193. The van der Waals surface area contributed by atoms with Gasteiger partial charge in [-0.2, -0.15) is 0 Å². The smallest absolute Gasteiger partial charge is 0.233 e. The van der Waals surface area contributed by atoms with E-state index in [4.69, 9.17) is 0 Å². The number of amides is 1. The number of hydrogen-bond acceptors (Lipinski definition) is 7. The minimum atomic E-state index is 0.193. The second-order valence-electron chi connectivity index (χ2n) is 6.68. The highest BCUT2D eigenvalue weighted by Crippen LogP contribution is 2.26. The molecule has 27 heavy (non-hydrogen) atoms. The lowest BCUT2D eigenvalue weighted by molar-refractivity contribution is -0.134. The van der Waals surface area contributed by atoms with Gasteiger partial charge < -0.3 is 9.47 Å². The van der Waals surface area contributed by atoms with Crippen LogP contribution in [-0.2, 0) is 17.1 Å². The van der Waals surface area contributed by atoms with Crippen LogP contribution >= 0.6 is 23.5 Å². The number of carbonyl (C=O) groups is 1. The number of nitrogens with zero attached hydrogens (tertiary/aromatic N) is 6. The molecule has 2 aromatic heterocycles. The van der Waals surface area contributed by atoms with Crippen LogP contribution in [0, 0.1) is 0 Å². The van der Waals surface area contributed by atoms with Crippen LogP contribution < -0.4 is 0 Å². The van der Waals surface area contributed by atoms with Gasteiger partial charge in [0.25, 0.3) is 0 Å². The fourth-order valence-corrected chi connectivity index (χ4v) is 5.09. The van der Waals surface area contributed by atoms with E-state index in [0.717, 1.165) is 35.5 Å². The molecule has 1 aliphatic heterocycles. The van der Waals surface area contributed by atoms with E-state index in [1.807, 2.05) is 4.90 Å². The van der Waals surface area contributed by atoms with E-state index in [1.165, 1.54) is 29.9 Å². The lowest BCUT2D eigenvalue weighted by Crippen LogP contribution is -2.48. The summed E-state index contributed by atoms with van der Waals surface area (Å²) in [7, 11) is 0. The summed E-state index contributed by atoms with van der Waals surface area (Å²) in [6.07, 6.45) is 6.85. The van der Waals surface area contributed by atoms with E-state index < -0.39 is 0 Å². The van der Waals surface area contributed by atoms with Gasteiger partial charge in [-0.05, 0) is 46.1 Å². The van der Waals surface area contributed by atoms with Gasteiger partial charge >= 0.3 is 0 Å². The van der Waals surface area contributed by atoms with Crippen molar-refractivity contribution in [2.24, 2.45) is 0 Å². The van der Waals surface area contributed by atoms with Crippen molar-refractivity contribution in [3.05, 3.63) is 24.3 Å². The normalized spacial score (nSPS) is 20.0. The lowest BCUT2D eigenvalue weighted by Gasteiger charge is -2.39. The fraction of sp³-hybridized carbons (Fsp3) is 0.611. The van der Waals surface area contributed by atoms with Crippen molar-refractivity contribution >= 4 is 29.4 Å². The van der Waals surface area contributed by atoms with Crippen LogP contribution in [0.3, 0.4) is 0 Å². The quantitative estimate of drug-likeness (QED) is 0.516. The molecule has 1 saturated heterocycles. The Bertz CT molecular complexity index is 744. The molecule has 7 nitrogen and oxygen atoms in total. The van der Waals surface area contributed by atoms with Gasteiger partial charge in [-0.1, -0.05) is 23.5 Å². The zero-order valence-electron chi connectivity index (χ0n) is 16.0. The first kappa shape index (κ1) is 20.1. The average Bonchev–Trinajstić information content (AvgIpc) is 3.07. The SMILES string of the molecule is CCn1c(CSc2ncccn2)nnc1SCC(=O)N1[C@H](C)CCC[C@H]1C. The summed E-state index contributed by atoms with van der Waals surface area (Å²) < 4.78 is 2.07. The maximum Gasteiger partial charge on any atom is 0.233 e. The molecular formula is C18H26N6OS2. The number of piperidine rings is 1. The summed E-state index contributed by atoms with van der Waals surface area (Å²) in [5, 5.41) is 10.1. The van der Waals surface area contributed by atoms with Crippen LogP contribution in [0.25, 0.3) is 0 Å². The molecule has 1 fully saturated rings. The largest absolute Gasteiger partial charge is 0.337 e. The summed E-state index contributed by atoms with van der Waals surface area (Å²) in [5.74, 6) is 2.13. The predicted octanol–water partition coefficient (Wildman–Crippen LogP) is 3.26. The highest BCUT2D eigenvalue weighted by atomic mass is 32.2. The number of likely N-dealkylation sites (tertiary alicyclic amines) is 1. The van der Waals surface area contributed by atoms with E-state index in [1.54, 1.807) is 18.5 Å². The Kier molecular flexibility index (Phi) is 7.12. The number of hydrogen-bond donors (Lipinski definition) is 0. The molecule has 0 unspecified atom stereocenters. The Hall–Kier alpha value is -1.61. The van der Waals surface area contributed by atoms with Crippen LogP contribution in [0.5, 0.6) is 0 Å². The second kappa shape index (κ2) is 9.54. The summed E-state index contributed by atoms with van der Waals surface area (Å²) in [4.78, 5) is 23.2. The van der Waals surface area contributed by atoms with Crippen LogP contribution in [0.4, 0.5) is 0 Å². The molecule has 2 atom stereocenters. The molecule has 1 amide bonds. The highest BCUT2D eigenvalue weighted by Gasteiger charge is 2.29. The van der Waals surface area contributed by atoms with Gasteiger partial charge in [-0.15, -0.1) is 10.2 Å². The molecule has 0 aliphatic carbocycles. The molecule has 0 spiro atoms. The third-order valence-corrected chi connectivity index (χ3v) is 6.61. The van der Waals surface area contributed by atoms with E-state index in [0.29, 0.717) is 23.6 Å². The topological polar surface area (TPSA) is 76.8 Å². The van der Waals surface area contributed by atoms with Gasteiger partial charge in [0.1, 0.15) is 5.82 Å². The molecule has 0 radical (unpaired) electrons. The van der Waals surface area contributed by atoms with E-state index in [-0.39, 0.29) is 5.91 Å². The molecule has 0 bridgehead atoms. The summed E-state index contributed by atoms with van der Waals surface area (Å²) >= 11 is 3.01. The molecule has 3 rings (SSSR count). The summed E-state index contributed by atoms with van der Waals surface area (Å²) in [6.45, 7) is 7.13. The Labute approximate surface area is 168 Å². The molecule has 0 aromatic carbocycles. The predicted molar refractivity (Wildman–Crippen MR) is 108 cm³/mol. The second-order valence-corrected chi connectivity index (χ2v) is 8.57. The molecule has 3 heterocycles. The molecule has 2 aromatic rings. The van der Waals surface area contributed by atoms with Gasteiger partial charge in [0.05, 0.1) is 11.5 Å². The van der Waals surface area contributed by atoms with Gasteiger partial charge in [-0.3, -0.25) is 4.79 Å². The van der Waals surface area contributed by atoms with Crippen LogP contribution in [0.2, 0.25) is 0 Å². The number of aromatic nitrogens is 5. The minimum Gasteiger partial charge on any atom is -0.337 e. The van der Waals surface area contributed by atoms with Crippen molar-refractivity contribution in [2.75, 3.05) is 5.75 Å². The van der Waals surface area contributed by atoms with Crippen molar-refractivity contribution in [3.8, 4) is 0 Å². The molecule has 0 N–H and O–H groups in total. The monoisotopic (exact) mass is 406 g/mol. The maximum atomic E-state index is 12.7. The first-order chi connectivity index (χ1) is 13.1. The van der Waals surface area contributed by atoms with Crippen molar-refractivity contribution in [1.29, 1.82) is 0 Å². The third-order valence-electron chi connectivity index (χ3n) is 4.79. The average molecular weight is 407 g/mol. The Morgan fingerprint density at radius 1 is 1.15 bits per heavy atom. The van der Waals surface area contributed by atoms with Crippen molar-refractivity contribution < 1.29 is 4.79 Å². The number of thioether (sulfide) groups is 2. The molecule has 0 saturated carbocycles. The van der Waals surface area contributed by atoms with Crippen molar-refractivity contribution in [1.82, 2.24) is 29.6 Å². The fourth-order valence-electron chi connectivity index (χ4n) is 3.45. The Morgan fingerprint density at radius 3 is 2.52 bits per heavy atom. The molecule has 146 valence electrons. The summed E-state index contributed by atoms with van der Waals surface area (Å²) in [6, 6.07) is 2.45. The zero-order chi connectivity index (χ0) is 19.2. The lowest BCUT2D eigenvalue weighted by atomic mass is 9.98. The van der Waals surface area contributed by atoms with Crippen LogP contribution in [-0.4, -0.2) is 53.4 Å². The zero-order valence-corrected chi connectivity index (χ0v) is 17.7. The van der Waals surface area contributed by atoms with E-state index >= 15 is 0 Å². The van der Waals surface area contributed by atoms with Gasteiger partial charge in [0.2, 0.25) is 5.91 Å².